The zero-order valence-corrected chi connectivity index (χ0v) is 26.1. The Morgan fingerprint density at radius 1 is 1.05 bits per heavy atom. The number of nitrogens with one attached hydrogen (secondary N) is 1. The molecule has 1 aliphatic rings. The highest BCUT2D eigenvalue weighted by Gasteiger charge is 2.35. The molecule has 1 N–H and O–H groups in total. The van der Waals surface area contributed by atoms with Gasteiger partial charge in [0, 0.05) is 36.2 Å². The number of nitro benzene ring substituents is 1. The van der Waals surface area contributed by atoms with E-state index in [-0.39, 0.29) is 42.0 Å². The number of non-ortho nitro benzene ring substituents is 1. The average Bonchev–Trinajstić information content (AvgIpc) is 3.51. The normalized spacial score (nSPS) is 14.1. The number of carbonyl (C=O) groups excluding carboxylic acids is 2. The van der Waals surface area contributed by atoms with Gasteiger partial charge in [0.25, 0.3) is 5.69 Å². The number of rotatable bonds is 13. The Bertz CT molecular complexity index is 1580. The Morgan fingerprint density at radius 3 is 2.30 bits per heavy atom. The molecule has 11 nitrogen and oxygen atoms in total. The van der Waals surface area contributed by atoms with E-state index in [9.17, 15) is 28.1 Å². The Labute approximate surface area is 262 Å². The van der Waals surface area contributed by atoms with Crippen LogP contribution in [-0.4, -0.2) is 62.0 Å². The van der Waals surface area contributed by atoms with Crippen LogP contribution in [0.1, 0.15) is 36.8 Å². The van der Waals surface area contributed by atoms with Crippen LogP contribution in [0, 0.1) is 10.1 Å². The Balaban J connectivity index is 1.77. The van der Waals surface area contributed by atoms with Gasteiger partial charge in [-0.2, -0.15) is 0 Å². The van der Waals surface area contributed by atoms with Crippen LogP contribution in [-0.2, 0) is 32.6 Å². The predicted molar refractivity (Wildman–Crippen MR) is 168 cm³/mol. The number of sulfonamides is 1. The molecular weight excluding hydrogens is 608 g/mol. The van der Waals surface area contributed by atoms with Crippen molar-refractivity contribution in [1.29, 1.82) is 0 Å². The van der Waals surface area contributed by atoms with Crippen LogP contribution in [0.3, 0.4) is 0 Å². The summed E-state index contributed by atoms with van der Waals surface area (Å²) in [6.45, 7) is -0.749. The standard InChI is InChI=1S/C31H35ClN4O7S/c1-43-29-17-16-26(36(39)40)19-27(29)35(44(2,41)42)21-30(37)34(20-23-12-14-24(32)15-13-23)28(18-22-8-4-3-5-9-22)31(38)33-25-10-6-7-11-25/h3-5,8-9,12-17,19,25,28H,6-7,10-11,18,20-21H2,1-2H3,(H,33,38)/t28-/m1/s1. The van der Waals surface area contributed by atoms with Gasteiger partial charge in [-0.15, -0.1) is 0 Å². The first-order valence-electron chi connectivity index (χ1n) is 14.1. The number of amides is 2. The molecule has 2 amide bonds. The maximum Gasteiger partial charge on any atom is 0.271 e. The van der Waals surface area contributed by atoms with E-state index in [2.05, 4.69) is 5.32 Å². The summed E-state index contributed by atoms with van der Waals surface area (Å²) < 4.78 is 32.3. The predicted octanol–water partition coefficient (Wildman–Crippen LogP) is 4.72. The average molecular weight is 643 g/mol. The lowest BCUT2D eigenvalue weighted by Crippen LogP contribution is -2.54. The minimum absolute atomic E-state index is 0.0186. The van der Waals surface area contributed by atoms with Crippen molar-refractivity contribution in [1.82, 2.24) is 10.2 Å². The van der Waals surface area contributed by atoms with Crippen molar-refractivity contribution in [3.05, 3.63) is 99.1 Å². The van der Waals surface area contributed by atoms with Crippen molar-refractivity contribution in [2.45, 2.75) is 50.7 Å². The van der Waals surface area contributed by atoms with E-state index in [1.54, 1.807) is 24.3 Å². The van der Waals surface area contributed by atoms with E-state index >= 15 is 0 Å². The van der Waals surface area contributed by atoms with Gasteiger partial charge in [-0.3, -0.25) is 24.0 Å². The highest BCUT2D eigenvalue weighted by atomic mass is 35.5. The smallest absolute Gasteiger partial charge is 0.271 e. The molecule has 0 radical (unpaired) electrons. The van der Waals surface area contributed by atoms with Crippen LogP contribution in [0.5, 0.6) is 5.75 Å². The first kappa shape index (κ1) is 32.7. The number of ether oxygens (including phenoxy) is 1. The van der Waals surface area contributed by atoms with E-state index in [1.165, 1.54) is 24.1 Å². The molecule has 0 bridgehead atoms. The molecule has 0 saturated heterocycles. The fourth-order valence-electron chi connectivity index (χ4n) is 5.29. The fraction of sp³-hybridized carbons (Fsp3) is 0.355. The van der Waals surface area contributed by atoms with E-state index in [1.807, 2.05) is 30.3 Å². The third-order valence-electron chi connectivity index (χ3n) is 7.56. The van der Waals surface area contributed by atoms with Crippen LogP contribution in [0.15, 0.2) is 72.8 Å². The second-order valence-electron chi connectivity index (χ2n) is 10.7. The van der Waals surface area contributed by atoms with Gasteiger partial charge in [0.2, 0.25) is 21.8 Å². The third kappa shape index (κ3) is 8.48. The molecule has 1 atom stereocenters. The molecule has 3 aromatic carbocycles. The molecule has 3 aromatic rings. The molecule has 0 aliphatic heterocycles. The van der Waals surface area contributed by atoms with Gasteiger partial charge >= 0.3 is 0 Å². The first-order chi connectivity index (χ1) is 21.0. The highest BCUT2D eigenvalue weighted by molar-refractivity contribution is 7.92. The Kier molecular flexibility index (Phi) is 10.8. The number of carbonyl (C=O) groups is 2. The zero-order chi connectivity index (χ0) is 31.9. The van der Waals surface area contributed by atoms with Gasteiger partial charge in [0.05, 0.1) is 18.3 Å². The monoisotopic (exact) mass is 642 g/mol. The summed E-state index contributed by atoms with van der Waals surface area (Å²) >= 11 is 6.10. The van der Waals surface area contributed by atoms with Gasteiger partial charge in [-0.25, -0.2) is 8.42 Å². The molecule has 234 valence electrons. The van der Waals surface area contributed by atoms with Crippen molar-refractivity contribution in [3.63, 3.8) is 0 Å². The molecule has 4 rings (SSSR count). The summed E-state index contributed by atoms with van der Waals surface area (Å²) in [4.78, 5) is 40.4. The Morgan fingerprint density at radius 2 is 1.70 bits per heavy atom. The van der Waals surface area contributed by atoms with Crippen molar-refractivity contribution < 1.29 is 27.7 Å². The molecule has 1 aliphatic carbocycles. The maximum atomic E-state index is 14.3. The van der Waals surface area contributed by atoms with E-state index in [4.69, 9.17) is 16.3 Å². The van der Waals surface area contributed by atoms with E-state index in [0.29, 0.717) is 10.6 Å². The lowest BCUT2D eigenvalue weighted by Gasteiger charge is -2.34. The first-order valence-corrected chi connectivity index (χ1v) is 16.4. The van der Waals surface area contributed by atoms with E-state index in [0.717, 1.165) is 47.9 Å². The third-order valence-corrected chi connectivity index (χ3v) is 8.94. The van der Waals surface area contributed by atoms with Gasteiger partial charge in [-0.05, 0) is 42.2 Å². The number of halogens is 1. The molecule has 44 heavy (non-hydrogen) atoms. The summed E-state index contributed by atoms with van der Waals surface area (Å²) in [6, 6.07) is 18.5. The lowest BCUT2D eigenvalue weighted by molar-refractivity contribution is -0.384. The Hall–Kier alpha value is -4.16. The fourth-order valence-corrected chi connectivity index (χ4v) is 6.26. The number of hydrogen-bond donors (Lipinski definition) is 1. The summed E-state index contributed by atoms with van der Waals surface area (Å²) in [7, 11) is -2.86. The molecule has 13 heteroatoms. The van der Waals surface area contributed by atoms with Crippen molar-refractivity contribution in [2.75, 3.05) is 24.2 Å². The van der Waals surface area contributed by atoms with Crippen molar-refractivity contribution in [2.24, 2.45) is 0 Å². The quantitative estimate of drug-likeness (QED) is 0.210. The van der Waals surface area contributed by atoms with Crippen LogP contribution in [0.25, 0.3) is 0 Å². The van der Waals surface area contributed by atoms with Crippen molar-refractivity contribution >= 4 is 44.8 Å². The number of hydrogen-bond acceptors (Lipinski definition) is 7. The second-order valence-corrected chi connectivity index (χ2v) is 13.1. The molecular formula is C31H35ClN4O7S. The second kappa shape index (κ2) is 14.5. The highest BCUT2D eigenvalue weighted by Crippen LogP contribution is 2.34. The largest absolute Gasteiger partial charge is 0.495 e. The summed E-state index contributed by atoms with van der Waals surface area (Å²) in [5.41, 5.74) is 0.943. The maximum absolute atomic E-state index is 14.3. The van der Waals surface area contributed by atoms with Crippen LogP contribution in [0.4, 0.5) is 11.4 Å². The zero-order valence-electron chi connectivity index (χ0n) is 24.5. The van der Waals surface area contributed by atoms with E-state index < -0.39 is 33.4 Å². The minimum Gasteiger partial charge on any atom is -0.495 e. The number of methoxy groups -OCH3 is 1. The van der Waals surface area contributed by atoms with Gasteiger partial charge in [0.15, 0.2) is 0 Å². The molecule has 1 saturated carbocycles. The van der Waals surface area contributed by atoms with Crippen LogP contribution in [0.2, 0.25) is 5.02 Å². The summed E-state index contributed by atoms with van der Waals surface area (Å²) in [5, 5.41) is 15.1. The van der Waals surface area contributed by atoms with Crippen LogP contribution < -0.4 is 14.4 Å². The van der Waals surface area contributed by atoms with Crippen molar-refractivity contribution in [3.8, 4) is 5.75 Å². The molecule has 0 aromatic heterocycles. The van der Waals surface area contributed by atoms with Gasteiger partial charge in [0.1, 0.15) is 24.0 Å². The molecule has 0 spiro atoms. The SMILES string of the molecule is COc1ccc([N+](=O)[O-])cc1N(CC(=O)N(Cc1ccc(Cl)cc1)[C@H](Cc1ccccc1)C(=O)NC1CCCC1)S(C)(=O)=O. The number of nitro groups is 1. The van der Waals surface area contributed by atoms with Crippen LogP contribution >= 0.6 is 11.6 Å². The lowest BCUT2D eigenvalue weighted by atomic mass is 10.0. The summed E-state index contributed by atoms with van der Waals surface area (Å²) in [6.07, 6.45) is 4.74. The molecule has 0 heterocycles. The molecule has 1 fully saturated rings. The number of benzene rings is 3. The summed E-state index contributed by atoms with van der Waals surface area (Å²) in [5.74, 6) is -0.999. The van der Waals surface area contributed by atoms with Gasteiger partial charge < -0.3 is 15.0 Å². The number of anilines is 1. The number of nitrogens with zero attached hydrogens (tertiary/aromatic N) is 3. The minimum atomic E-state index is -4.16. The van der Waals surface area contributed by atoms with Gasteiger partial charge in [-0.1, -0.05) is 66.9 Å². The topological polar surface area (TPSA) is 139 Å². The molecule has 0 unspecified atom stereocenters.